The number of nitrogens with zero attached hydrogens (tertiary/aromatic N) is 8. The Morgan fingerprint density at radius 3 is 0.943 bits per heavy atom. The van der Waals surface area contributed by atoms with E-state index in [9.17, 15) is 78.8 Å². The highest BCUT2D eigenvalue weighted by Gasteiger charge is 2.51. The van der Waals surface area contributed by atoms with E-state index >= 15 is 0 Å². The third-order valence-electron chi connectivity index (χ3n) is 19.6. The minimum atomic E-state index is -1.53. The average Bonchev–Trinajstić information content (AvgIpc) is 1.64. The normalized spacial score (nSPS) is 27.0. The second kappa shape index (κ2) is 30.8. The largest absolute Gasteiger partial charge is 0.387 e. The van der Waals surface area contributed by atoms with E-state index < -0.39 is 146 Å². The highest BCUT2D eigenvalue weighted by atomic mass is 35.5. The van der Waals surface area contributed by atoms with Crippen LogP contribution in [0.1, 0.15) is 93.8 Å². The fourth-order valence-corrected chi connectivity index (χ4v) is 14.0. The lowest BCUT2D eigenvalue weighted by atomic mass is 9.99. The number of fused-ring (bicyclic) bond motifs is 4. The summed E-state index contributed by atoms with van der Waals surface area (Å²) < 4.78 is 83.1. The number of rotatable bonds is 12. The first kappa shape index (κ1) is 74.3. The number of pyridine rings is 4. The molecule has 12 N–H and O–H groups in total. The molecule has 4 fully saturated rings. The monoisotopic (exact) mass is 1470 g/mol. The second-order valence-electron chi connectivity index (χ2n) is 26.4. The van der Waals surface area contributed by atoms with Gasteiger partial charge in [0, 0.05) is 82.2 Å². The maximum atomic E-state index is 13.4. The van der Waals surface area contributed by atoms with Crippen LogP contribution in [0.25, 0.3) is 44.1 Å². The average molecular weight is 1470 g/mol. The number of aryl methyl sites for hydroxylation is 4. The van der Waals surface area contributed by atoms with Crippen LogP contribution >= 0.6 is 11.6 Å². The first-order valence-electron chi connectivity index (χ1n) is 33.5. The van der Waals surface area contributed by atoms with Crippen LogP contribution in [0.15, 0.2) is 189 Å². The Labute approximate surface area is 601 Å². The summed E-state index contributed by atoms with van der Waals surface area (Å²) in [5.41, 5.74) is 7.63. The fraction of sp³-hybridized carbons (Fsp3) is 0.316. The molecule has 20 atom stereocenters. The zero-order chi connectivity index (χ0) is 74.6. The molecular formula is C76H75ClF4N8O16. The standard InChI is InChI=1S/C19H19ClN2O4.C19H18F2N2O4.2C19H19FN2O4/c1-10-5-7-21-18-13(10)6-8-22(18)19-16(25)15(24)17(26-19)14(23)11-3-2-4-12(20)9-11;1-9-2-4-22-18-13(9)3-5-23(18)19-16(26)15(25)17(27-19)14(24)10-6-11(20)8-12(21)7-10;1-10-6-8-21-18-13(10)7-9-22(18)19-16(25)15(24)17(26-19)14(23)11-2-4-12(20)5-3-11;1-10-5-7-21-18-13(10)6-8-22(18)19-16(25)15(24)17(26-19)14(23)11-3-2-4-12(20)9-11/h2-9,14-17,19,23-25H,1H3;2-8,14-17,19,24-26H,1H3;2*2-9,14-17,19,23-25H,1H3/t2*14-,15-,16+,17+,19+;14-,15+,16-,17-,19-;14-,15-,16+,17+,19+/m0010/s1. The zero-order valence-corrected chi connectivity index (χ0v) is 57.2. The van der Waals surface area contributed by atoms with E-state index in [0.29, 0.717) is 44.8 Å². The van der Waals surface area contributed by atoms with Crippen LogP contribution in [0, 0.1) is 51.0 Å². The molecule has 0 bridgehead atoms. The topological polar surface area (TPSA) is 351 Å². The summed E-state index contributed by atoms with van der Waals surface area (Å²) in [5, 5.41) is 130. The summed E-state index contributed by atoms with van der Waals surface area (Å²) in [6, 6.07) is 35.0. The molecule has 12 aromatic rings. The molecule has 0 spiro atoms. The van der Waals surface area contributed by atoms with Gasteiger partial charge in [0.15, 0.2) is 24.9 Å². The van der Waals surface area contributed by atoms with Crippen molar-refractivity contribution in [3.8, 4) is 0 Å². The molecule has 0 unspecified atom stereocenters. The van der Waals surface area contributed by atoms with E-state index in [2.05, 4.69) is 19.9 Å². The maximum absolute atomic E-state index is 13.4. The van der Waals surface area contributed by atoms with Gasteiger partial charge >= 0.3 is 0 Å². The van der Waals surface area contributed by atoms with Crippen molar-refractivity contribution in [1.29, 1.82) is 0 Å². The molecule has 0 amide bonds. The number of hydrogen-bond acceptors (Lipinski definition) is 20. The van der Waals surface area contributed by atoms with Gasteiger partial charge in [-0.3, -0.25) is 0 Å². The Hall–Kier alpha value is -8.99. The molecule has 29 heteroatoms. The molecule has 16 rings (SSSR count). The van der Waals surface area contributed by atoms with Gasteiger partial charge in [-0.15, -0.1) is 0 Å². The summed E-state index contributed by atoms with van der Waals surface area (Å²) in [6.45, 7) is 7.79. The molecule has 4 aliphatic heterocycles. The smallest absolute Gasteiger partial charge is 0.164 e. The highest BCUT2D eigenvalue weighted by Crippen LogP contribution is 2.43. The first-order valence-corrected chi connectivity index (χ1v) is 33.9. The minimum absolute atomic E-state index is 0.0873. The maximum Gasteiger partial charge on any atom is 0.164 e. The summed E-state index contributed by atoms with van der Waals surface area (Å²) in [7, 11) is 0. The lowest BCUT2D eigenvalue weighted by Crippen LogP contribution is -2.34. The van der Waals surface area contributed by atoms with Gasteiger partial charge in [0.25, 0.3) is 0 Å². The molecule has 24 nitrogen and oxygen atoms in total. The molecular weight excluding hydrogens is 1390 g/mol. The molecule has 0 saturated carbocycles. The predicted octanol–water partition coefficient (Wildman–Crippen LogP) is 8.00. The Morgan fingerprint density at radius 2 is 0.619 bits per heavy atom. The van der Waals surface area contributed by atoms with Gasteiger partial charge in [0.1, 0.15) is 144 Å². The molecule has 4 saturated heterocycles. The number of halogens is 5. The van der Waals surface area contributed by atoms with Gasteiger partial charge in [-0.25, -0.2) is 37.5 Å². The molecule has 0 radical (unpaired) electrons. The van der Waals surface area contributed by atoms with Crippen LogP contribution < -0.4 is 0 Å². The van der Waals surface area contributed by atoms with Gasteiger partial charge < -0.3 is 98.5 Å². The third kappa shape index (κ3) is 14.6. The quantitative estimate of drug-likeness (QED) is 0.0515. The third-order valence-corrected chi connectivity index (χ3v) is 19.8. The molecule has 4 aliphatic rings. The number of aliphatic hydroxyl groups is 12. The number of aromatic nitrogens is 8. The second-order valence-corrected chi connectivity index (χ2v) is 26.8. The molecule has 105 heavy (non-hydrogen) atoms. The lowest BCUT2D eigenvalue weighted by molar-refractivity contribution is -0.0849. The summed E-state index contributed by atoms with van der Waals surface area (Å²) >= 11 is 5.97. The van der Waals surface area contributed by atoms with Crippen molar-refractivity contribution in [2.75, 3.05) is 0 Å². The van der Waals surface area contributed by atoms with Crippen LogP contribution in [0.3, 0.4) is 0 Å². The van der Waals surface area contributed by atoms with Gasteiger partial charge in [-0.2, -0.15) is 0 Å². The van der Waals surface area contributed by atoms with Crippen LogP contribution in [-0.4, -0.2) is 173 Å². The summed E-state index contributed by atoms with van der Waals surface area (Å²) in [6.07, 6.45) is -10.1. The lowest BCUT2D eigenvalue weighted by Gasteiger charge is -2.21. The van der Waals surface area contributed by atoms with Crippen molar-refractivity contribution < 1.29 is 97.8 Å². The first-order chi connectivity index (χ1) is 50.3. The van der Waals surface area contributed by atoms with Crippen molar-refractivity contribution >= 4 is 55.7 Å². The number of ether oxygens (including phenoxy) is 4. The molecule has 550 valence electrons. The SMILES string of the molecule is Cc1ccnc2c1ccn2[C@@H]1O[C@H]([C@@H](O)c2cc(F)cc(F)c2)[C@@H](O)[C@H]1O.Cc1ccnc2c1ccn2[C@@H]1O[C@H]([C@@H](O)c2cccc(Cl)c2)[C@@H](O)[C@H]1O.Cc1ccnc2c1ccn2[C@@H]1O[C@H]([C@@H](O)c2cccc(F)c2)[C@@H](O)[C@H]1O.Cc1ccnc2c1ccn2[C@@H]1O[C@H]([C@H](O)c2ccc(F)cc2)[C@@H](O)[C@H]1O. The number of benzene rings is 4. The Balaban J connectivity index is 0.000000124. The molecule has 8 aromatic heterocycles. The van der Waals surface area contributed by atoms with Gasteiger partial charge in [0.05, 0.1) is 0 Å². The number of hydrogen-bond donors (Lipinski definition) is 12. The van der Waals surface area contributed by atoms with Crippen LogP contribution in [-0.2, 0) is 18.9 Å². The predicted molar refractivity (Wildman–Crippen MR) is 372 cm³/mol. The highest BCUT2D eigenvalue weighted by molar-refractivity contribution is 6.30. The number of aliphatic hydroxyl groups excluding tert-OH is 12. The zero-order valence-electron chi connectivity index (χ0n) is 56.4. The van der Waals surface area contributed by atoms with E-state index in [0.717, 1.165) is 55.9 Å². The summed E-state index contributed by atoms with van der Waals surface area (Å²) in [4.78, 5) is 17.3. The van der Waals surface area contributed by atoms with E-state index in [1.54, 1.807) is 98.2 Å². The van der Waals surface area contributed by atoms with Gasteiger partial charge in [0.2, 0.25) is 0 Å². The Kier molecular flexibility index (Phi) is 21.8. The van der Waals surface area contributed by atoms with Gasteiger partial charge in [-0.1, -0.05) is 48.0 Å². The van der Waals surface area contributed by atoms with Crippen molar-refractivity contribution in [2.24, 2.45) is 0 Å². The van der Waals surface area contributed by atoms with Gasteiger partial charge in [-0.05, 0) is 169 Å². The van der Waals surface area contributed by atoms with E-state index in [-0.39, 0.29) is 11.1 Å². The van der Waals surface area contributed by atoms with E-state index in [4.69, 9.17) is 30.5 Å². The minimum Gasteiger partial charge on any atom is -0.387 e. The Morgan fingerprint density at radius 1 is 0.324 bits per heavy atom. The Bertz CT molecular complexity index is 4880. The molecule has 0 aliphatic carbocycles. The molecule has 4 aromatic carbocycles. The van der Waals surface area contributed by atoms with Crippen LogP contribution in [0.2, 0.25) is 5.02 Å². The van der Waals surface area contributed by atoms with Crippen molar-refractivity contribution in [3.05, 3.63) is 262 Å². The van der Waals surface area contributed by atoms with E-state index in [1.165, 1.54) is 42.5 Å². The fourth-order valence-electron chi connectivity index (χ4n) is 13.8. The van der Waals surface area contributed by atoms with Crippen LogP contribution in [0.5, 0.6) is 0 Å². The van der Waals surface area contributed by atoms with Crippen molar-refractivity contribution in [3.63, 3.8) is 0 Å². The summed E-state index contributed by atoms with van der Waals surface area (Å²) in [5.74, 6) is -2.64. The van der Waals surface area contributed by atoms with Crippen LogP contribution in [0.4, 0.5) is 17.6 Å². The van der Waals surface area contributed by atoms with Crippen molar-refractivity contribution in [1.82, 2.24) is 38.2 Å². The molecule has 12 heterocycles. The van der Waals surface area contributed by atoms with E-state index in [1.807, 2.05) is 76.2 Å². The van der Waals surface area contributed by atoms with Crippen molar-refractivity contribution in [2.45, 2.75) is 150 Å².